The van der Waals surface area contributed by atoms with Crippen LogP contribution in [0.5, 0.6) is 0 Å². The van der Waals surface area contributed by atoms with E-state index in [0.29, 0.717) is 11.6 Å². The van der Waals surface area contributed by atoms with Gasteiger partial charge in [0.25, 0.3) is 15.6 Å². The molecule has 0 saturated carbocycles. The van der Waals surface area contributed by atoms with Crippen LogP contribution in [-0.4, -0.2) is 26.8 Å². The molecule has 1 heterocycles. The maximum Gasteiger partial charge on any atom is 0.332 e. The van der Waals surface area contributed by atoms with Crippen LogP contribution >= 0.6 is 0 Å². The van der Waals surface area contributed by atoms with Gasteiger partial charge in [-0.25, -0.2) is 13.4 Å². The van der Waals surface area contributed by atoms with Gasteiger partial charge in [0.1, 0.15) is 0 Å². The van der Waals surface area contributed by atoms with Crippen LogP contribution in [0.1, 0.15) is 0 Å². The van der Waals surface area contributed by atoms with Gasteiger partial charge in [0, 0.05) is 5.69 Å². The minimum Gasteiger partial charge on any atom is -0.313 e. The Balaban J connectivity index is 2.02. The third-order valence-corrected chi connectivity index (χ3v) is 5.49. The Morgan fingerprint density at radius 1 is 1.00 bits per heavy atom. The first-order valence-electron chi connectivity index (χ1n) is 6.72. The molecule has 1 aromatic heterocycles. The van der Waals surface area contributed by atoms with E-state index >= 15 is 0 Å². The fourth-order valence-electron chi connectivity index (χ4n) is 2.14. The number of H-pyrrole nitrogens is 1. The van der Waals surface area contributed by atoms with Gasteiger partial charge in [0.2, 0.25) is 0 Å². The molecule has 0 fully saturated rings. The molecule has 3 rings (SSSR count). The summed E-state index contributed by atoms with van der Waals surface area (Å²) in [6.45, 7) is 0. The highest BCUT2D eigenvalue weighted by molar-refractivity contribution is 7.92. The van der Waals surface area contributed by atoms with E-state index in [1.807, 2.05) is 0 Å². The van der Waals surface area contributed by atoms with Crippen molar-refractivity contribution in [1.82, 2.24) is 9.97 Å². The maximum absolute atomic E-state index is 13.0. The fraction of sp³-hybridized carbons (Fsp3) is 0. The van der Waals surface area contributed by atoms with Crippen molar-refractivity contribution in [3.63, 3.8) is 0 Å². The van der Waals surface area contributed by atoms with E-state index in [9.17, 15) is 25.5 Å². The van der Waals surface area contributed by atoms with Gasteiger partial charge in [-0.1, -0.05) is 6.07 Å². The monoisotopic (exact) mass is 383 g/mol. The van der Waals surface area contributed by atoms with Gasteiger partial charge in [-0.15, -0.1) is 3.89 Å². The Bertz CT molecular complexity index is 1240. The van der Waals surface area contributed by atoms with Gasteiger partial charge in [-0.2, -0.15) is 8.42 Å². The summed E-state index contributed by atoms with van der Waals surface area (Å²) in [4.78, 5) is 16.8. The minimum absolute atomic E-state index is 0.0690. The van der Waals surface area contributed by atoms with Crippen LogP contribution in [0.2, 0.25) is 0 Å². The molecule has 0 radical (unpaired) electrons. The summed E-state index contributed by atoms with van der Waals surface area (Å²) in [6.07, 6.45) is 1.22. The van der Waals surface area contributed by atoms with Crippen LogP contribution in [0.25, 0.3) is 10.9 Å². The summed E-state index contributed by atoms with van der Waals surface area (Å²) in [7, 11) is -9.23. The van der Waals surface area contributed by atoms with Gasteiger partial charge in [-0.05, 0) is 36.4 Å². The Hall–Kier alpha value is -2.79. The zero-order valence-electron chi connectivity index (χ0n) is 12.3. The van der Waals surface area contributed by atoms with Crippen LogP contribution < -0.4 is 10.3 Å². The molecule has 0 saturated heterocycles. The Labute approximate surface area is 141 Å². The molecule has 3 aromatic rings. The molecule has 0 aliphatic rings. The quantitative estimate of drug-likeness (QED) is 0.656. The van der Waals surface area contributed by atoms with Crippen molar-refractivity contribution in [2.75, 3.05) is 4.72 Å². The van der Waals surface area contributed by atoms with Crippen LogP contribution in [0.3, 0.4) is 0 Å². The molecule has 0 unspecified atom stereocenters. The normalized spacial score (nSPS) is 12.2. The van der Waals surface area contributed by atoms with Gasteiger partial charge in [0.15, 0.2) is 0 Å². The molecule has 11 heteroatoms. The highest BCUT2D eigenvalue weighted by Crippen LogP contribution is 2.21. The molecule has 0 atom stereocenters. The molecule has 130 valence electrons. The molecule has 0 aliphatic heterocycles. The molecule has 0 spiro atoms. The Kier molecular flexibility index (Phi) is 4.05. The standard InChI is InChI=1S/C14H10FN3O5S2/c15-24(20,21)10-2-1-3-11(7-10)25(22,23)18-9-4-5-13-12(6-9)14(19)17-8-16-13/h1-8,18H,(H,16,17,19). The highest BCUT2D eigenvalue weighted by Gasteiger charge is 2.19. The van der Waals surface area contributed by atoms with Gasteiger partial charge in [-0.3, -0.25) is 9.52 Å². The highest BCUT2D eigenvalue weighted by atomic mass is 32.3. The van der Waals surface area contributed by atoms with E-state index < -0.39 is 35.6 Å². The van der Waals surface area contributed by atoms with Crippen molar-refractivity contribution in [2.24, 2.45) is 0 Å². The first-order valence-corrected chi connectivity index (χ1v) is 9.58. The third kappa shape index (κ3) is 3.51. The number of anilines is 1. The predicted octanol–water partition coefficient (Wildman–Crippen LogP) is 1.38. The molecule has 2 aromatic carbocycles. The zero-order valence-corrected chi connectivity index (χ0v) is 13.9. The number of benzene rings is 2. The van der Waals surface area contributed by atoms with Crippen molar-refractivity contribution in [3.8, 4) is 0 Å². The topological polar surface area (TPSA) is 126 Å². The summed E-state index contributed by atoms with van der Waals surface area (Å²) >= 11 is 0. The second-order valence-corrected chi connectivity index (χ2v) is 8.01. The second kappa shape index (κ2) is 5.93. The van der Waals surface area contributed by atoms with Crippen molar-refractivity contribution >= 4 is 36.8 Å². The number of aromatic amines is 1. The lowest BCUT2D eigenvalue weighted by Crippen LogP contribution is -2.14. The molecule has 0 aliphatic carbocycles. The van der Waals surface area contributed by atoms with E-state index in [1.165, 1.54) is 24.5 Å². The van der Waals surface area contributed by atoms with Gasteiger partial charge >= 0.3 is 10.2 Å². The molecular formula is C14H10FN3O5S2. The molecule has 8 nitrogen and oxygen atoms in total. The number of nitrogens with one attached hydrogen (secondary N) is 2. The summed E-state index contributed by atoms with van der Waals surface area (Å²) in [5, 5.41) is 0.169. The van der Waals surface area contributed by atoms with Gasteiger partial charge in [0.05, 0.1) is 27.0 Å². The lowest BCUT2D eigenvalue weighted by Gasteiger charge is -2.09. The van der Waals surface area contributed by atoms with Crippen molar-refractivity contribution < 1.29 is 20.7 Å². The third-order valence-electron chi connectivity index (χ3n) is 3.29. The second-order valence-electron chi connectivity index (χ2n) is 4.98. The lowest BCUT2D eigenvalue weighted by atomic mass is 10.2. The first kappa shape index (κ1) is 17.0. The number of fused-ring (bicyclic) bond motifs is 1. The number of nitrogens with zero attached hydrogens (tertiary/aromatic N) is 1. The van der Waals surface area contributed by atoms with E-state index in [4.69, 9.17) is 0 Å². The largest absolute Gasteiger partial charge is 0.332 e. The number of rotatable bonds is 4. The fourth-order valence-corrected chi connectivity index (χ4v) is 3.82. The van der Waals surface area contributed by atoms with Crippen LogP contribution in [0.15, 0.2) is 63.4 Å². The van der Waals surface area contributed by atoms with Crippen molar-refractivity contribution in [1.29, 1.82) is 0 Å². The summed E-state index contributed by atoms with van der Waals surface area (Å²) in [5.41, 5.74) is -0.00621. The molecule has 2 N–H and O–H groups in total. The van der Waals surface area contributed by atoms with E-state index in [2.05, 4.69) is 14.7 Å². The van der Waals surface area contributed by atoms with E-state index in [0.717, 1.165) is 18.2 Å². The Morgan fingerprint density at radius 2 is 1.72 bits per heavy atom. The van der Waals surface area contributed by atoms with Crippen LogP contribution in [-0.2, 0) is 20.2 Å². The average molecular weight is 383 g/mol. The number of halogens is 1. The molecule has 0 amide bonds. The summed E-state index contributed by atoms with van der Waals surface area (Å²) < 4.78 is 61.9. The van der Waals surface area contributed by atoms with Crippen LogP contribution in [0, 0.1) is 0 Å². The Morgan fingerprint density at radius 3 is 2.44 bits per heavy atom. The predicted molar refractivity (Wildman–Crippen MR) is 87.9 cm³/mol. The minimum atomic E-state index is -5.04. The SMILES string of the molecule is O=c1[nH]cnc2ccc(NS(=O)(=O)c3cccc(S(=O)(=O)F)c3)cc12. The maximum atomic E-state index is 13.0. The number of hydrogen-bond acceptors (Lipinski definition) is 6. The van der Waals surface area contributed by atoms with Crippen LogP contribution in [0.4, 0.5) is 9.57 Å². The smallest absolute Gasteiger partial charge is 0.313 e. The van der Waals surface area contributed by atoms with Crippen molar-refractivity contribution in [2.45, 2.75) is 9.79 Å². The summed E-state index contributed by atoms with van der Waals surface area (Å²) in [6, 6.07) is 7.99. The molecular weight excluding hydrogens is 373 g/mol. The summed E-state index contributed by atoms with van der Waals surface area (Å²) in [5.74, 6) is 0. The van der Waals surface area contributed by atoms with E-state index in [1.54, 1.807) is 0 Å². The number of hydrogen-bond donors (Lipinski definition) is 2. The zero-order chi connectivity index (χ0) is 18.2. The van der Waals surface area contributed by atoms with E-state index in [-0.39, 0.29) is 11.1 Å². The lowest BCUT2D eigenvalue weighted by molar-refractivity contribution is 0.552. The molecule has 25 heavy (non-hydrogen) atoms. The average Bonchev–Trinajstić information content (AvgIpc) is 2.55. The number of sulfonamides is 1. The van der Waals surface area contributed by atoms with Gasteiger partial charge < -0.3 is 4.98 Å². The first-order chi connectivity index (χ1) is 11.7. The molecule has 0 bridgehead atoms. The van der Waals surface area contributed by atoms with Crippen molar-refractivity contribution in [3.05, 3.63) is 59.1 Å². The number of aromatic nitrogens is 2.